The lowest BCUT2D eigenvalue weighted by atomic mass is 10.2. The highest BCUT2D eigenvalue weighted by Crippen LogP contribution is 2.29. The van der Waals surface area contributed by atoms with E-state index in [1.54, 1.807) is 0 Å². The Morgan fingerprint density at radius 1 is 1.21 bits per heavy atom. The van der Waals surface area contributed by atoms with E-state index in [1.165, 1.54) is 0 Å². The number of rotatable bonds is 1. The van der Waals surface area contributed by atoms with Crippen molar-refractivity contribution in [2.24, 2.45) is 0 Å². The maximum Gasteiger partial charge on any atom is 0.416 e. The minimum atomic E-state index is -4.37. The number of nitrogens with one attached hydrogen (secondary N) is 1. The van der Waals surface area contributed by atoms with Crippen molar-refractivity contribution in [2.45, 2.75) is 6.18 Å². The molecule has 1 aromatic carbocycles. The van der Waals surface area contributed by atoms with Crippen LogP contribution >= 0.6 is 11.6 Å². The van der Waals surface area contributed by atoms with Gasteiger partial charge in [0.1, 0.15) is 0 Å². The molecule has 0 unspecified atom stereocenters. The molecule has 1 N–H and O–H groups in total. The number of hydrogen-bond acceptors (Lipinski definition) is 1. The molecule has 6 heteroatoms. The predicted octanol–water partition coefficient (Wildman–Crippen LogP) is 3.48. The Kier molecular flexibility index (Phi) is 3.00. The van der Waals surface area contributed by atoms with Crippen LogP contribution in [0.2, 0.25) is 0 Å². The number of anilines is 1. The van der Waals surface area contributed by atoms with Gasteiger partial charge < -0.3 is 5.32 Å². The Balaban J connectivity index is 2.84. The molecule has 0 spiro atoms. The zero-order chi connectivity index (χ0) is 10.8. The first-order chi connectivity index (χ1) is 6.39. The van der Waals surface area contributed by atoms with E-state index in [-0.39, 0.29) is 5.69 Å². The molecular weight excluding hydrogens is 219 g/mol. The molecule has 1 amide bonds. The second-order valence-corrected chi connectivity index (χ2v) is 2.82. The van der Waals surface area contributed by atoms with Gasteiger partial charge >= 0.3 is 11.5 Å². The molecular formula is C8H5ClF3NO. The van der Waals surface area contributed by atoms with Crippen LogP contribution < -0.4 is 5.32 Å². The highest BCUT2D eigenvalue weighted by molar-refractivity contribution is 6.65. The quantitative estimate of drug-likeness (QED) is 0.573. The van der Waals surface area contributed by atoms with Gasteiger partial charge in [-0.25, -0.2) is 0 Å². The second kappa shape index (κ2) is 3.88. The third-order valence-corrected chi connectivity index (χ3v) is 1.55. The highest BCUT2D eigenvalue weighted by atomic mass is 35.5. The van der Waals surface area contributed by atoms with Gasteiger partial charge in [0.05, 0.1) is 5.56 Å². The first kappa shape index (κ1) is 10.8. The molecule has 0 radical (unpaired) electrons. The van der Waals surface area contributed by atoms with E-state index >= 15 is 0 Å². The number of carbonyl (C=O) groups is 1. The fourth-order valence-electron chi connectivity index (χ4n) is 0.856. The van der Waals surface area contributed by atoms with Crippen LogP contribution in [-0.2, 0) is 6.18 Å². The lowest BCUT2D eigenvalue weighted by Crippen LogP contribution is -2.05. The number of amides is 1. The molecule has 1 rings (SSSR count). The Morgan fingerprint density at radius 3 is 2.07 bits per heavy atom. The van der Waals surface area contributed by atoms with Crippen molar-refractivity contribution in [2.75, 3.05) is 5.32 Å². The third-order valence-electron chi connectivity index (χ3n) is 1.45. The minimum Gasteiger partial charge on any atom is -0.312 e. The van der Waals surface area contributed by atoms with Crippen LogP contribution in [0.3, 0.4) is 0 Å². The van der Waals surface area contributed by atoms with E-state index < -0.39 is 17.1 Å². The van der Waals surface area contributed by atoms with Gasteiger partial charge in [-0.1, -0.05) is 0 Å². The van der Waals surface area contributed by atoms with E-state index in [0.29, 0.717) is 0 Å². The first-order valence-electron chi connectivity index (χ1n) is 3.53. The molecule has 0 aliphatic carbocycles. The van der Waals surface area contributed by atoms with E-state index in [4.69, 9.17) is 11.6 Å². The van der Waals surface area contributed by atoms with Crippen LogP contribution in [0.4, 0.5) is 23.7 Å². The van der Waals surface area contributed by atoms with Crippen molar-refractivity contribution >= 4 is 22.7 Å². The molecule has 0 aliphatic heterocycles. The summed E-state index contributed by atoms with van der Waals surface area (Å²) in [6, 6.07) is 3.98. The first-order valence-corrected chi connectivity index (χ1v) is 3.91. The minimum absolute atomic E-state index is 0.220. The lowest BCUT2D eigenvalue weighted by Gasteiger charge is -2.07. The molecule has 1 aromatic rings. The van der Waals surface area contributed by atoms with Gasteiger partial charge in [0.2, 0.25) is 0 Å². The summed E-state index contributed by atoms with van der Waals surface area (Å²) in [5.41, 5.74) is -0.553. The topological polar surface area (TPSA) is 29.1 Å². The molecule has 0 atom stereocenters. The monoisotopic (exact) mass is 223 g/mol. The molecule has 0 aliphatic rings. The fraction of sp³-hybridized carbons (Fsp3) is 0.125. The van der Waals surface area contributed by atoms with E-state index in [9.17, 15) is 18.0 Å². The number of carbonyl (C=O) groups excluding carboxylic acids is 1. The van der Waals surface area contributed by atoms with Crippen LogP contribution in [0, 0.1) is 0 Å². The maximum atomic E-state index is 12.1. The summed E-state index contributed by atoms with van der Waals surface area (Å²) >= 11 is 4.97. The molecule has 14 heavy (non-hydrogen) atoms. The summed E-state index contributed by atoms with van der Waals surface area (Å²) in [6.45, 7) is 0. The van der Waals surface area contributed by atoms with Gasteiger partial charge in [0.15, 0.2) is 0 Å². The Hall–Kier alpha value is -1.23. The largest absolute Gasteiger partial charge is 0.416 e. The second-order valence-electron chi connectivity index (χ2n) is 2.47. The summed E-state index contributed by atoms with van der Waals surface area (Å²) in [5.74, 6) is 0. The van der Waals surface area contributed by atoms with Crippen LogP contribution in [0.15, 0.2) is 24.3 Å². The summed E-state index contributed by atoms with van der Waals surface area (Å²) in [6.07, 6.45) is -4.37. The Bertz CT molecular complexity index is 333. The molecule has 0 saturated heterocycles. The highest BCUT2D eigenvalue weighted by Gasteiger charge is 2.29. The molecule has 0 aromatic heterocycles. The fourth-order valence-corrected chi connectivity index (χ4v) is 0.965. The van der Waals surface area contributed by atoms with Crippen LogP contribution in [-0.4, -0.2) is 5.37 Å². The summed E-state index contributed by atoms with van der Waals surface area (Å²) < 4.78 is 36.2. The van der Waals surface area contributed by atoms with Crippen molar-refractivity contribution in [1.29, 1.82) is 0 Å². The van der Waals surface area contributed by atoms with Crippen LogP contribution in [0.1, 0.15) is 5.56 Å². The lowest BCUT2D eigenvalue weighted by molar-refractivity contribution is -0.137. The SMILES string of the molecule is O=C(Cl)Nc1ccc(C(F)(F)F)cc1. The average molecular weight is 224 g/mol. The van der Waals surface area contributed by atoms with Crippen molar-refractivity contribution < 1.29 is 18.0 Å². The van der Waals surface area contributed by atoms with Gasteiger partial charge in [-0.3, -0.25) is 4.79 Å². The molecule has 0 bridgehead atoms. The van der Waals surface area contributed by atoms with Crippen molar-refractivity contribution in [3.63, 3.8) is 0 Å². The molecule has 0 heterocycles. The van der Waals surface area contributed by atoms with Crippen LogP contribution in [0.25, 0.3) is 0 Å². The standard InChI is InChI=1S/C8H5ClF3NO/c9-7(14)13-6-3-1-5(2-4-6)8(10,11)12/h1-4H,(H,13,14). The van der Waals surface area contributed by atoms with E-state index in [1.807, 2.05) is 0 Å². The van der Waals surface area contributed by atoms with Crippen LogP contribution in [0.5, 0.6) is 0 Å². The molecule has 0 fully saturated rings. The van der Waals surface area contributed by atoms with Crippen molar-refractivity contribution in [3.05, 3.63) is 29.8 Å². The van der Waals surface area contributed by atoms with E-state index in [0.717, 1.165) is 24.3 Å². The number of benzene rings is 1. The Morgan fingerprint density at radius 2 is 1.71 bits per heavy atom. The average Bonchev–Trinajstić information content (AvgIpc) is 2.02. The smallest absolute Gasteiger partial charge is 0.312 e. The van der Waals surface area contributed by atoms with E-state index in [2.05, 4.69) is 5.32 Å². The number of alkyl halides is 3. The van der Waals surface area contributed by atoms with Gasteiger partial charge in [-0.05, 0) is 35.9 Å². The normalized spacial score (nSPS) is 11.1. The van der Waals surface area contributed by atoms with Gasteiger partial charge in [-0.15, -0.1) is 0 Å². The zero-order valence-corrected chi connectivity index (χ0v) is 7.49. The summed E-state index contributed by atoms with van der Waals surface area (Å²) in [5, 5.41) is 1.30. The van der Waals surface area contributed by atoms with Gasteiger partial charge in [0, 0.05) is 5.69 Å². The predicted molar refractivity (Wildman–Crippen MR) is 46.3 cm³/mol. The van der Waals surface area contributed by atoms with Crippen molar-refractivity contribution in [3.8, 4) is 0 Å². The maximum absolute atomic E-state index is 12.1. The summed E-state index contributed by atoms with van der Waals surface area (Å²) in [7, 11) is 0. The summed E-state index contributed by atoms with van der Waals surface area (Å²) in [4.78, 5) is 10.3. The Labute approximate surface area is 82.7 Å². The van der Waals surface area contributed by atoms with Crippen molar-refractivity contribution in [1.82, 2.24) is 0 Å². The molecule has 0 saturated carbocycles. The van der Waals surface area contributed by atoms with Gasteiger partial charge in [0.25, 0.3) is 0 Å². The zero-order valence-electron chi connectivity index (χ0n) is 6.73. The van der Waals surface area contributed by atoms with Gasteiger partial charge in [-0.2, -0.15) is 13.2 Å². The molecule has 2 nitrogen and oxygen atoms in total. The molecule has 76 valence electrons. The number of halogens is 4. The third kappa shape index (κ3) is 2.92. The number of hydrogen-bond donors (Lipinski definition) is 1.